The molecule has 1 heterocycles. The lowest BCUT2D eigenvalue weighted by Crippen LogP contribution is -2.41. The van der Waals surface area contributed by atoms with Gasteiger partial charge in [0.2, 0.25) is 0 Å². The first-order chi connectivity index (χ1) is 9.71. The van der Waals surface area contributed by atoms with Gasteiger partial charge in [0, 0.05) is 49.1 Å². The van der Waals surface area contributed by atoms with Crippen LogP contribution in [0.15, 0.2) is 12.1 Å². The highest BCUT2D eigenvalue weighted by Crippen LogP contribution is 2.14. The Kier molecular flexibility index (Phi) is 9.10. The smallest absolute Gasteiger partial charge is 0.0589 e. The maximum Gasteiger partial charge on any atom is 0.0589 e. The van der Waals surface area contributed by atoms with Gasteiger partial charge >= 0.3 is 0 Å². The lowest BCUT2D eigenvalue weighted by molar-refractivity contribution is 0.116. The van der Waals surface area contributed by atoms with E-state index in [0.29, 0.717) is 6.04 Å². The third-order valence-electron chi connectivity index (χ3n) is 3.71. The van der Waals surface area contributed by atoms with Gasteiger partial charge in [-0.1, -0.05) is 13.8 Å². The Hall–Kier alpha value is -0.420. The zero-order chi connectivity index (χ0) is 14.8. The molecule has 1 aromatic heterocycles. The molecular formula is C16H30N2OS. The van der Waals surface area contributed by atoms with Gasteiger partial charge in [0.15, 0.2) is 0 Å². The molecule has 4 heteroatoms. The fraction of sp³-hybridized carbons (Fsp3) is 0.750. The average molecular weight is 298 g/mol. The van der Waals surface area contributed by atoms with E-state index in [4.69, 9.17) is 4.74 Å². The Morgan fingerprint density at radius 1 is 1.25 bits per heavy atom. The van der Waals surface area contributed by atoms with E-state index in [2.05, 4.69) is 43.1 Å². The Balaban J connectivity index is 2.29. The topological polar surface area (TPSA) is 24.5 Å². The van der Waals surface area contributed by atoms with Crippen LogP contribution in [0, 0.1) is 6.92 Å². The van der Waals surface area contributed by atoms with E-state index < -0.39 is 0 Å². The number of thiophene rings is 1. The summed E-state index contributed by atoms with van der Waals surface area (Å²) in [6, 6.07) is 5.09. The predicted octanol–water partition coefficient (Wildman–Crippen LogP) is 3.28. The number of aryl methyl sites for hydroxylation is 1. The maximum atomic E-state index is 5.23. The minimum absolute atomic E-state index is 0.677. The molecule has 0 amide bonds. The molecule has 116 valence electrons. The van der Waals surface area contributed by atoms with Crippen molar-refractivity contribution in [3.63, 3.8) is 0 Å². The highest BCUT2D eigenvalue weighted by Gasteiger charge is 2.13. The van der Waals surface area contributed by atoms with Crippen molar-refractivity contribution in [2.24, 2.45) is 0 Å². The molecule has 0 aliphatic carbocycles. The summed E-state index contributed by atoms with van der Waals surface area (Å²) >= 11 is 1.88. The van der Waals surface area contributed by atoms with Crippen molar-refractivity contribution < 1.29 is 4.74 Å². The van der Waals surface area contributed by atoms with Crippen molar-refractivity contribution in [1.82, 2.24) is 10.2 Å². The van der Waals surface area contributed by atoms with Gasteiger partial charge in [0.1, 0.15) is 0 Å². The van der Waals surface area contributed by atoms with Crippen molar-refractivity contribution in [3.8, 4) is 0 Å². The van der Waals surface area contributed by atoms with Crippen molar-refractivity contribution >= 4 is 11.3 Å². The molecule has 0 fully saturated rings. The van der Waals surface area contributed by atoms with Crippen molar-refractivity contribution in [1.29, 1.82) is 0 Å². The lowest BCUT2D eigenvalue weighted by atomic mass is 10.1. The first-order valence-electron chi connectivity index (χ1n) is 7.70. The standard InChI is InChI=1S/C16H30N2OS/c1-5-15(6-2)18(11-12-19-4)10-9-17-13-16-8-7-14(3)20-16/h7-8,15,17H,5-6,9-13H2,1-4H3. The fourth-order valence-electron chi connectivity index (χ4n) is 2.50. The van der Waals surface area contributed by atoms with Crippen LogP contribution >= 0.6 is 11.3 Å². The van der Waals surface area contributed by atoms with Crippen LogP contribution in [0.5, 0.6) is 0 Å². The van der Waals surface area contributed by atoms with Gasteiger partial charge in [-0.05, 0) is 31.9 Å². The van der Waals surface area contributed by atoms with Crippen LogP contribution < -0.4 is 5.32 Å². The number of ether oxygens (including phenoxy) is 1. The predicted molar refractivity (Wildman–Crippen MR) is 88.6 cm³/mol. The van der Waals surface area contributed by atoms with Crippen LogP contribution in [0.4, 0.5) is 0 Å². The third-order valence-corrected chi connectivity index (χ3v) is 4.71. The van der Waals surface area contributed by atoms with E-state index >= 15 is 0 Å². The number of methoxy groups -OCH3 is 1. The van der Waals surface area contributed by atoms with Gasteiger partial charge < -0.3 is 10.1 Å². The summed E-state index contributed by atoms with van der Waals surface area (Å²) in [6.45, 7) is 11.7. The molecule has 0 spiro atoms. The Bertz CT molecular complexity index is 350. The van der Waals surface area contributed by atoms with E-state index in [1.807, 2.05) is 11.3 Å². The van der Waals surface area contributed by atoms with E-state index in [9.17, 15) is 0 Å². The minimum atomic E-state index is 0.677. The summed E-state index contributed by atoms with van der Waals surface area (Å²) in [5.41, 5.74) is 0. The number of nitrogens with zero attached hydrogens (tertiary/aromatic N) is 1. The van der Waals surface area contributed by atoms with Gasteiger partial charge in [0.05, 0.1) is 6.61 Å². The molecule has 0 saturated carbocycles. The molecule has 1 aromatic rings. The van der Waals surface area contributed by atoms with E-state index in [1.165, 1.54) is 22.6 Å². The van der Waals surface area contributed by atoms with E-state index in [0.717, 1.165) is 32.8 Å². The van der Waals surface area contributed by atoms with E-state index in [-0.39, 0.29) is 0 Å². The van der Waals surface area contributed by atoms with Crippen molar-refractivity contribution in [3.05, 3.63) is 21.9 Å². The first kappa shape index (κ1) is 17.6. The summed E-state index contributed by atoms with van der Waals surface area (Å²) in [5.74, 6) is 0. The van der Waals surface area contributed by atoms with Crippen LogP contribution in [-0.4, -0.2) is 44.3 Å². The highest BCUT2D eigenvalue weighted by molar-refractivity contribution is 7.11. The van der Waals surface area contributed by atoms with Crippen LogP contribution in [0.25, 0.3) is 0 Å². The zero-order valence-corrected chi connectivity index (χ0v) is 14.3. The molecule has 0 bridgehead atoms. The molecule has 0 aliphatic rings. The number of rotatable bonds is 11. The quantitative estimate of drug-likeness (QED) is 0.635. The van der Waals surface area contributed by atoms with Crippen molar-refractivity contribution in [2.45, 2.75) is 46.2 Å². The average Bonchev–Trinajstić information content (AvgIpc) is 2.86. The third kappa shape index (κ3) is 6.35. The van der Waals surface area contributed by atoms with Crippen LogP contribution in [0.2, 0.25) is 0 Å². The summed E-state index contributed by atoms with van der Waals surface area (Å²) in [4.78, 5) is 5.37. The molecule has 0 saturated heterocycles. The number of hydrogen-bond acceptors (Lipinski definition) is 4. The second-order valence-electron chi connectivity index (χ2n) is 5.19. The molecule has 0 aliphatic heterocycles. The van der Waals surface area contributed by atoms with Gasteiger partial charge in [0.25, 0.3) is 0 Å². The van der Waals surface area contributed by atoms with Crippen LogP contribution in [0.1, 0.15) is 36.4 Å². The van der Waals surface area contributed by atoms with Gasteiger partial charge in [-0.25, -0.2) is 0 Å². The van der Waals surface area contributed by atoms with Gasteiger partial charge in [-0.3, -0.25) is 4.90 Å². The van der Waals surface area contributed by atoms with Crippen LogP contribution in [-0.2, 0) is 11.3 Å². The summed E-state index contributed by atoms with van der Waals surface area (Å²) in [5, 5.41) is 3.55. The monoisotopic (exact) mass is 298 g/mol. The maximum absolute atomic E-state index is 5.23. The van der Waals surface area contributed by atoms with Crippen molar-refractivity contribution in [2.75, 3.05) is 33.4 Å². The molecule has 0 aromatic carbocycles. The van der Waals surface area contributed by atoms with Gasteiger partial charge in [-0.15, -0.1) is 11.3 Å². The minimum Gasteiger partial charge on any atom is -0.383 e. The summed E-state index contributed by atoms with van der Waals surface area (Å²) in [6.07, 6.45) is 2.43. The Morgan fingerprint density at radius 2 is 2.00 bits per heavy atom. The first-order valence-corrected chi connectivity index (χ1v) is 8.51. The number of nitrogens with one attached hydrogen (secondary N) is 1. The summed E-state index contributed by atoms with van der Waals surface area (Å²) in [7, 11) is 1.78. The largest absolute Gasteiger partial charge is 0.383 e. The lowest BCUT2D eigenvalue weighted by Gasteiger charge is -2.30. The molecule has 0 radical (unpaired) electrons. The molecule has 1 rings (SSSR count). The number of hydrogen-bond donors (Lipinski definition) is 1. The van der Waals surface area contributed by atoms with Gasteiger partial charge in [-0.2, -0.15) is 0 Å². The van der Waals surface area contributed by atoms with E-state index in [1.54, 1.807) is 7.11 Å². The zero-order valence-electron chi connectivity index (χ0n) is 13.4. The Labute approximate surface area is 128 Å². The molecule has 1 N–H and O–H groups in total. The van der Waals surface area contributed by atoms with Crippen LogP contribution in [0.3, 0.4) is 0 Å². The SMILES string of the molecule is CCC(CC)N(CCNCc1ccc(C)s1)CCOC. The normalized spacial score (nSPS) is 11.7. The molecule has 20 heavy (non-hydrogen) atoms. The Morgan fingerprint density at radius 3 is 2.55 bits per heavy atom. The second kappa shape index (κ2) is 10.3. The molecule has 0 unspecified atom stereocenters. The summed E-state index contributed by atoms with van der Waals surface area (Å²) < 4.78 is 5.23. The fourth-order valence-corrected chi connectivity index (χ4v) is 3.36. The second-order valence-corrected chi connectivity index (χ2v) is 6.56. The highest BCUT2D eigenvalue weighted by atomic mass is 32.1. The molecule has 0 atom stereocenters. The molecular weight excluding hydrogens is 268 g/mol. The molecule has 3 nitrogen and oxygen atoms in total.